The molecule has 1 amide bonds. The molecule has 112 valence electrons. The number of rotatable bonds is 5. The minimum Gasteiger partial charge on any atom is -0.333 e. The van der Waals surface area contributed by atoms with E-state index in [1.165, 1.54) is 12.8 Å². The van der Waals surface area contributed by atoms with E-state index in [0.717, 1.165) is 25.2 Å². The van der Waals surface area contributed by atoms with Crippen LogP contribution in [0.25, 0.3) is 0 Å². The van der Waals surface area contributed by atoms with E-state index in [0.29, 0.717) is 17.8 Å². The van der Waals surface area contributed by atoms with Crippen LogP contribution in [0.4, 0.5) is 0 Å². The molecule has 1 saturated carbocycles. The summed E-state index contributed by atoms with van der Waals surface area (Å²) in [5, 5.41) is 6.99. The third kappa shape index (κ3) is 3.38. The van der Waals surface area contributed by atoms with Gasteiger partial charge in [0.25, 0.3) is 5.91 Å². The normalized spacial score (nSPS) is 16.3. The molecule has 5 nitrogen and oxygen atoms in total. The number of aromatic amines is 1. The maximum absolute atomic E-state index is 12.7. The lowest BCUT2D eigenvalue weighted by molar-refractivity contribution is 0.0643. The van der Waals surface area contributed by atoms with E-state index in [4.69, 9.17) is 0 Å². The fourth-order valence-corrected chi connectivity index (χ4v) is 2.76. The molecule has 1 aliphatic carbocycles. The van der Waals surface area contributed by atoms with Gasteiger partial charge in [0, 0.05) is 18.5 Å². The summed E-state index contributed by atoms with van der Waals surface area (Å²) in [5.74, 6) is 1.80. The van der Waals surface area contributed by atoms with E-state index in [1.807, 2.05) is 18.7 Å². The van der Waals surface area contributed by atoms with E-state index in [1.54, 1.807) is 0 Å². The van der Waals surface area contributed by atoms with Crippen molar-refractivity contribution in [2.75, 3.05) is 6.54 Å². The molecule has 1 aliphatic rings. The number of nitrogens with zero attached hydrogens (tertiary/aromatic N) is 3. The third-order valence-corrected chi connectivity index (χ3v) is 3.83. The molecule has 2 rings (SSSR count). The molecule has 1 aromatic rings. The average molecular weight is 278 g/mol. The van der Waals surface area contributed by atoms with Gasteiger partial charge in [0.2, 0.25) is 5.82 Å². The van der Waals surface area contributed by atoms with Crippen LogP contribution in [-0.4, -0.2) is 38.6 Å². The smallest absolute Gasteiger partial charge is 0.293 e. The van der Waals surface area contributed by atoms with Gasteiger partial charge < -0.3 is 4.90 Å². The predicted molar refractivity (Wildman–Crippen MR) is 78.6 cm³/mol. The third-order valence-electron chi connectivity index (χ3n) is 3.83. The zero-order valence-corrected chi connectivity index (χ0v) is 13.0. The van der Waals surface area contributed by atoms with Crippen LogP contribution in [0.3, 0.4) is 0 Å². The van der Waals surface area contributed by atoms with Gasteiger partial charge in [-0.2, -0.15) is 0 Å². The second-order valence-electron chi connectivity index (χ2n) is 6.49. The zero-order valence-electron chi connectivity index (χ0n) is 13.0. The second-order valence-corrected chi connectivity index (χ2v) is 6.49. The number of carbonyl (C=O) groups excluding carboxylic acids is 1. The Morgan fingerprint density at radius 1 is 1.30 bits per heavy atom. The van der Waals surface area contributed by atoms with Crippen molar-refractivity contribution in [3.05, 3.63) is 11.6 Å². The van der Waals surface area contributed by atoms with Gasteiger partial charge in [-0.25, -0.2) is 4.98 Å². The summed E-state index contributed by atoms with van der Waals surface area (Å²) in [6, 6.07) is 0.367. The van der Waals surface area contributed by atoms with Crippen molar-refractivity contribution in [3.63, 3.8) is 0 Å². The fraction of sp³-hybridized carbons (Fsp3) is 0.800. The Balaban J connectivity index is 2.15. The number of hydrogen-bond donors (Lipinski definition) is 1. The van der Waals surface area contributed by atoms with Gasteiger partial charge in [0.15, 0.2) is 0 Å². The standard InChI is InChI=1S/C15H26N4O/c1-10(2)9-19(12-7-5-6-8-12)15(20)14-16-13(11(3)4)17-18-14/h10-12H,5-9H2,1-4H3,(H,16,17,18). The quantitative estimate of drug-likeness (QED) is 0.900. The van der Waals surface area contributed by atoms with Crippen molar-refractivity contribution in [2.24, 2.45) is 5.92 Å². The molecule has 1 N–H and O–H groups in total. The lowest BCUT2D eigenvalue weighted by atomic mass is 10.1. The maximum atomic E-state index is 12.7. The summed E-state index contributed by atoms with van der Waals surface area (Å²) >= 11 is 0. The lowest BCUT2D eigenvalue weighted by Gasteiger charge is -2.29. The number of carbonyl (C=O) groups is 1. The maximum Gasteiger partial charge on any atom is 0.293 e. The van der Waals surface area contributed by atoms with Crippen LogP contribution in [0, 0.1) is 5.92 Å². The molecule has 5 heteroatoms. The van der Waals surface area contributed by atoms with Gasteiger partial charge in [-0.1, -0.05) is 40.5 Å². The van der Waals surface area contributed by atoms with E-state index in [9.17, 15) is 4.79 Å². The minimum absolute atomic E-state index is 0.0197. The van der Waals surface area contributed by atoms with Crippen LogP contribution >= 0.6 is 0 Å². The number of hydrogen-bond acceptors (Lipinski definition) is 3. The Bertz CT molecular complexity index is 446. The highest BCUT2D eigenvalue weighted by atomic mass is 16.2. The van der Waals surface area contributed by atoms with Crippen LogP contribution in [0.5, 0.6) is 0 Å². The van der Waals surface area contributed by atoms with Crippen molar-refractivity contribution in [2.45, 2.75) is 65.3 Å². The molecular weight excluding hydrogens is 252 g/mol. The van der Waals surface area contributed by atoms with E-state index >= 15 is 0 Å². The number of aromatic nitrogens is 3. The number of amides is 1. The highest BCUT2D eigenvalue weighted by molar-refractivity contribution is 5.90. The first-order valence-corrected chi connectivity index (χ1v) is 7.72. The largest absolute Gasteiger partial charge is 0.333 e. The minimum atomic E-state index is -0.0197. The van der Waals surface area contributed by atoms with Crippen LogP contribution < -0.4 is 0 Å². The first kappa shape index (κ1) is 15.0. The van der Waals surface area contributed by atoms with Crippen LogP contribution in [-0.2, 0) is 0 Å². The first-order chi connectivity index (χ1) is 9.49. The second kappa shape index (κ2) is 6.37. The molecule has 1 aromatic heterocycles. The summed E-state index contributed by atoms with van der Waals surface area (Å²) in [5.41, 5.74) is 0. The van der Waals surface area contributed by atoms with Gasteiger partial charge in [-0.3, -0.25) is 9.89 Å². The molecule has 0 atom stereocenters. The SMILES string of the molecule is CC(C)CN(C(=O)c1n[nH]c(C(C)C)n1)C1CCCC1. The van der Waals surface area contributed by atoms with Crippen molar-refractivity contribution < 1.29 is 4.79 Å². The lowest BCUT2D eigenvalue weighted by Crippen LogP contribution is -2.41. The van der Waals surface area contributed by atoms with E-state index < -0.39 is 0 Å². The van der Waals surface area contributed by atoms with Crippen LogP contribution in [0.1, 0.15) is 75.7 Å². The molecule has 0 aromatic carbocycles. The highest BCUT2D eigenvalue weighted by Gasteiger charge is 2.30. The van der Waals surface area contributed by atoms with Gasteiger partial charge in [-0.15, -0.1) is 5.10 Å². The van der Waals surface area contributed by atoms with Crippen molar-refractivity contribution >= 4 is 5.91 Å². The Kier molecular flexibility index (Phi) is 4.78. The van der Waals surface area contributed by atoms with Gasteiger partial charge in [0.05, 0.1) is 0 Å². The summed E-state index contributed by atoms with van der Waals surface area (Å²) < 4.78 is 0. The molecule has 0 aliphatic heterocycles. The van der Waals surface area contributed by atoms with Gasteiger partial charge >= 0.3 is 0 Å². The van der Waals surface area contributed by atoms with Crippen LogP contribution in [0.2, 0.25) is 0 Å². The predicted octanol–water partition coefficient (Wildman–Crippen LogP) is 2.97. The highest BCUT2D eigenvalue weighted by Crippen LogP contribution is 2.25. The molecular formula is C15H26N4O. The van der Waals surface area contributed by atoms with Gasteiger partial charge in [-0.05, 0) is 18.8 Å². The summed E-state index contributed by atoms with van der Waals surface area (Å²) in [6.45, 7) is 9.16. The van der Waals surface area contributed by atoms with Crippen LogP contribution in [0.15, 0.2) is 0 Å². The Morgan fingerprint density at radius 2 is 1.95 bits per heavy atom. The monoisotopic (exact) mass is 278 g/mol. The Morgan fingerprint density at radius 3 is 2.45 bits per heavy atom. The molecule has 0 saturated heterocycles. The van der Waals surface area contributed by atoms with Gasteiger partial charge in [0.1, 0.15) is 5.82 Å². The summed E-state index contributed by atoms with van der Waals surface area (Å²) in [6.07, 6.45) is 4.66. The zero-order chi connectivity index (χ0) is 14.7. The summed E-state index contributed by atoms with van der Waals surface area (Å²) in [4.78, 5) is 19.0. The fourth-order valence-electron chi connectivity index (χ4n) is 2.76. The molecule has 1 fully saturated rings. The van der Waals surface area contributed by atoms with Crippen molar-refractivity contribution in [1.82, 2.24) is 20.1 Å². The van der Waals surface area contributed by atoms with Crippen molar-refractivity contribution in [3.8, 4) is 0 Å². The molecule has 20 heavy (non-hydrogen) atoms. The topological polar surface area (TPSA) is 61.9 Å². The molecule has 0 bridgehead atoms. The van der Waals surface area contributed by atoms with E-state index in [-0.39, 0.29) is 11.8 Å². The number of nitrogens with one attached hydrogen (secondary N) is 1. The van der Waals surface area contributed by atoms with E-state index in [2.05, 4.69) is 29.0 Å². The Labute approximate surface area is 121 Å². The molecule has 0 spiro atoms. The average Bonchev–Trinajstić information content (AvgIpc) is 3.05. The molecule has 0 unspecified atom stereocenters. The number of H-pyrrole nitrogens is 1. The summed E-state index contributed by atoms with van der Waals surface area (Å²) in [7, 11) is 0. The first-order valence-electron chi connectivity index (χ1n) is 7.72. The Hall–Kier alpha value is -1.39. The van der Waals surface area contributed by atoms with Crippen molar-refractivity contribution in [1.29, 1.82) is 0 Å². The molecule has 0 radical (unpaired) electrons. The molecule has 1 heterocycles.